The van der Waals surface area contributed by atoms with Gasteiger partial charge in [0.2, 0.25) is 0 Å². The first-order valence-electron chi connectivity index (χ1n) is 8.53. The lowest BCUT2D eigenvalue weighted by atomic mass is 9.93. The highest BCUT2D eigenvalue weighted by Crippen LogP contribution is 2.24. The highest BCUT2D eigenvalue weighted by Gasteiger charge is 2.36. The highest BCUT2D eigenvalue weighted by atomic mass is 19.1. The molecule has 6 heteroatoms. The summed E-state index contributed by atoms with van der Waals surface area (Å²) in [6.07, 6.45) is 0.482. The average molecular weight is 359 g/mol. The van der Waals surface area contributed by atoms with Gasteiger partial charge in [-0.15, -0.1) is 0 Å². The van der Waals surface area contributed by atoms with Crippen LogP contribution in [0.5, 0.6) is 0 Å². The third kappa shape index (κ3) is 4.46. The quantitative estimate of drug-likeness (QED) is 0.828. The highest BCUT2D eigenvalue weighted by molar-refractivity contribution is 5.87. The maximum Gasteiger partial charge on any atom is 0.335 e. The first-order valence-corrected chi connectivity index (χ1v) is 8.53. The molecule has 0 amide bonds. The van der Waals surface area contributed by atoms with Crippen LogP contribution in [0.15, 0.2) is 48.5 Å². The molecule has 0 saturated carbocycles. The fraction of sp³-hybridized carbons (Fsp3) is 0.350. The van der Waals surface area contributed by atoms with Crippen molar-refractivity contribution < 1.29 is 24.1 Å². The lowest BCUT2D eigenvalue weighted by Gasteiger charge is -2.42. The summed E-state index contributed by atoms with van der Waals surface area (Å²) in [7, 11) is 0. The molecule has 0 aliphatic carbocycles. The maximum absolute atomic E-state index is 13.1. The molecule has 0 spiro atoms. The van der Waals surface area contributed by atoms with Crippen LogP contribution < -0.4 is 0 Å². The van der Waals surface area contributed by atoms with E-state index >= 15 is 0 Å². The number of hydrogen-bond acceptors (Lipinski definition) is 4. The van der Waals surface area contributed by atoms with Crippen LogP contribution in [0.2, 0.25) is 0 Å². The largest absolute Gasteiger partial charge is 0.478 e. The number of aromatic carboxylic acids is 1. The van der Waals surface area contributed by atoms with Gasteiger partial charge in [0.05, 0.1) is 18.8 Å². The number of morpholine rings is 1. The summed E-state index contributed by atoms with van der Waals surface area (Å²) < 4.78 is 19.0. The van der Waals surface area contributed by atoms with E-state index in [1.807, 2.05) is 6.07 Å². The number of carboxylic acids is 1. The lowest BCUT2D eigenvalue weighted by molar-refractivity contribution is -0.134. The monoisotopic (exact) mass is 359 g/mol. The van der Waals surface area contributed by atoms with E-state index in [4.69, 9.17) is 9.84 Å². The average Bonchev–Trinajstić information content (AvgIpc) is 2.64. The van der Waals surface area contributed by atoms with Crippen LogP contribution in [-0.4, -0.2) is 53.0 Å². The Hall–Kier alpha value is -2.28. The molecule has 3 rings (SSSR count). The van der Waals surface area contributed by atoms with E-state index in [-0.39, 0.29) is 18.0 Å². The van der Waals surface area contributed by atoms with Gasteiger partial charge >= 0.3 is 5.97 Å². The minimum atomic E-state index is -0.949. The van der Waals surface area contributed by atoms with E-state index in [9.17, 15) is 14.3 Å². The lowest BCUT2D eigenvalue weighted by Crippen LogP contribution is -2.55. The third-order valence-electron chi connectivity index (χ3n) is 4.64. The molecule has 0 bridgehead atoms. The van der Waals surface area contributed by atoms with Crippen molar-refractivity contribution in [2.24, 2.45) is 0 Å². The maximum atomic E-state index is 13.1. The van der Waals surface area contributed by atoms with Crippen LogP contribution in [0.4, 0.5) is 4.39 Å². The molecule has 1 saturated heterocycles. The Bertz CT molecular complexity index is 765. The predicted molar refractivity (Wildman–Crippen MR) is 94.6 cm³/mol. The van der Waals surface area contributed by atoms with Crippen molar-refractivity contribution in [2.45, 2.75) is 18.6 Å². The normalized spacial score (nSPS) is 20.8. The first-order chi connectivity index (χ1) is 12.5. The van der Waals surface area contributed by atoms with E-state index in [2.05, 4.69) is 4.90 Å². The number of aliphatic hydroxyl groups is 1. The second-order valence-electron chi connectivity index (χ2n) is 6.71. The molecular formula is C20H22FNO4. The van der Waals surface area contributed by atoms with Crippen molar-refractivity contribution in [3.8, 4) is 0 Å². The Labute approximate surface area is 151 Å². The van der Waals surface area contributed by atoms with E-state index < -0.39 is 11.6 Å². The molecule has 0 aromatic heterocycles. The molecule has 0 unspecified atom stereocenters. The second kappa shape index (κ2) is 7.95. The number of carbonyl (C=O) groups is 1. The zero-order valence-corrected chi connectivity index (χ0v) is 14.4. The van der Waals surface area contributed by atoms with Crippen LogP contribution in [0.25, 0.3) is 0 Å². The van der Waals surface area contributed by atoms with Gasteiger partial charge in [0, 0.05) is 26.1 Å². The smallest absolute Gasteiger partial charge is 0.335 e. The molecule has 138 valence electrons. The summed E-state index contributed by atoms with van der Waals surface area (Å²) >= 11 is 0. The van der Waals surface area contributed by atoms with Gasteiger partial charge in [0.1, 0.15) is 11.4 Å². The molecule has 1 aliphatic rings. The zero-order valence-electron chi connectivity index (χ0n) is 14.4. The Morgan fingerprint density at radius 1 is 1.19 bits per heavy atom. The fourth-order valence-electron chi connectivity index (χ4n) is 3.35. The topological polar surface area (TPSA) is 70.0 Å². The fourth-order valence-corrected chi connectivity index (χ4v) is 3.35. The number of hydrogen-bond donors (Lipinski definition) is 2. The van der Waals surface area contributed by atoms with Crippen LogP contribution in [-0.2, 0) is 17.7 Å². The Morgan fingerprint density at radius 2 is 1.96 bits per heavy atom. The summed E-state index contributed by atoms with van der Waals surface area (Å²) in [6.45, 7) is 2.12. The summed E-state index contributed by atoms with van der Waals surface area (Å²) in [5.74, 6) is -1.24. The molecule has 1 aliphatic heterocycles. The number of ether oxygens (including phenoxy) is 1. The molecule has 1 heterocycles. The summed E-state index contributed by atoms with van der Waals surface area (Å²) in [5.41, 5.74) is 1.31. The van der Waals surface area contributed by atoms with Crippen LogP contribution in [0.1, 0.15) is 21.5 Å². The number of benzene rings is 2. The van der Waals surface area contributed by atoms with Gasteiger partial charge in [-0.05, 0) is 35.4 Å². The third-order valence-corrected chi connectivity index (χ3v) is 4.64. The molecule has 2 aromatic rings. The second-order valence-corrected chi connectivity index (χ2v) is 6.71. The molecule has 0 radical (unpaired) electrons. The molecule has 26 heavy (non-hydrogen) atoms. The predicted octanol–water partition coefficient (Wildman–Crippen LogP) is 2.33. The summed E-state index contributed by atoms with van der Waals surface area (Å²) in [4.78, 5) is 13.3. The Kier molecular flexibility index (Phi) is 5.66. The van der Waals surface area contributed by atoms with Gasteiger partial charge in [-0.3, -0.25) is 4.90 Å². The number of carboxylic acid groups (broad SMARTS) is 1. The van der Waals surface area contributed by atoms with Crippen molar-refractivity contribution >= 4 is 5.97 Å². The molecule has 2 aromatic carbocycles. The van der Waals surface area contributed by atoms with Crippen molar-refractivity contribution in [3.05, 3.63) is 71.0 Å². The molecule has 1 fully saturated rings. The van der Waals surface area contributed by atoms with Crippen LogP contribution in [0, 0.1) is 5.82 Å². The van der Waals surface area contributed by atoms with Gasteiger partial charge in [-0.2, -0.15) is 0 Å². The molecular weight excluding hydrogens is 337 g/mol. The van der Waals surface area contributed by atoms with E-state index in [0.717, 1.165) is 11.1 Å². The number of rotatable bonds is 6. The molecule has 1 atom stereocenters. The van der Waals surface area contributed by atoms with Gasteiger partial charge in [-0.1, -0.05) is 24.3 Å². The Balaban J connectivity index is 1.71. The van der Waals surface area contributed by atoms with E-state index in [1.165, 1.54) is 12.1 Å². The number of aliphatic hydroxyl groups excluding tert-OH is 1. The zero-order chi connectivity index (χ0) is 18.6. The van der Waals surface area contributed by atoms with Gasteiger partial charge in [-0.25, -0.2) is 9.18 Å². The standard InChI is InChI=1S/C20H22FNO4/c21-18-6-4-15(5-7-18)11-20(14-23)13-22(8-9-26-20)12-16-2-1-3-17(10-16)19(24)25/h1-7,10,23H,8-9,11-14H2,(H,24,25)/t20-/m1/s1. The molecule has 5 nitrogen and oxygen atoms in total. The van der Waals surface area contributed by atoms with Gasteiger partial charge in [0.15, 0.2) is 0 Å². The van der Waals surface area contributed by atoms with Crippen molar-refractivity contribution in [1.29, 1.82) is 0 Å². The number of halogens is 1. The van der Waals surface area contributed by atoms with E-state index in [0.29, 0.717) is 32.7 Å². The number of nitrogens with zero attached hydrogens (tertiary/aromatic N) is 1. The minimum Gasteiger partial charge on any atom is -0.478 e. The van der Waals surface area contributed by atoms with Crippen molar-refractivity contribution in [3.63, 3.8) is 0 Å². The van der Waals surface area contributed by atoms with Crippen molar-refractivity contribution in [2.75, 3.05) is 26.3 Å². The molecule has 2 N–H and O–H groups in total. The SMILES string of the molecule is O=C(O)c1cccc(CN2CCO[C@](CO)(Cc3ccc(F)cc3)C2)c1. The van der Waals surface area contributed by atoms with Crippen molar-refractivity contribution in [1.82, 2.24) is 4.90 Å². The first kappa shape index (κ1) is 18.5. The van der Waals surface area contributed by atoms with Gasteiger partial charge in [0.25, 0.3) is 0 Å². The van der Waals surface area contributed by atoms with E-state index in [1.54, 1.807) is 30.3 Å². The summed E-state index contributed by atoms with van der Waals surface area (Å²) in [5, 5.41) is 19.1. The summed E-state index contributed by atoms with van der Waals surface area (Å²) in [6, 6.07) is 13.1. The Morgan fingerprint density at radius 3 is 2.65 bits per heavy atom. The van der Waals surface area contributed by atoms with Gasteiger partial charge < -0.3 is 14.9 Å². The van der Waals surface area contributed by atoms with Crippen LogP contribution in [0.3, 0.4) is 0 Å². The minimum absolute atomic E-state index is 0.143. The van der Waals surface area contributed by atoms with Crippen LogP contribution >= 0.6 is 0 Å².